The molecule has 1 unspecified atom stereocenters. The summed E-state index contributed by atoms with van der Waals surface area (Å²) < 4.78 is 25.1. The topological polar surface area (TPSA) is 46.2 Å². The van der Waals surface area contributed by atoms with Crippen LogP contribution in [0.4, 0.5) is 0 Å². The van der Waals surface area contributed by atoms with Crippen LogP contribution in [0, 0.1) is 0 Å². The van der Waals surface area contributed by atoms with Crippen molar-refractivity contribution in [1.82, 2.24) is 5.32 Å². The Hall–Kier alpha value is -0.390. The Balaban J connectivity index is 2.48. The van der Waals surface area contributed by atoms with Crippen LogP contribution in [-0.4, -0.2) is 26.8 Å². The molecule has 1 atom stereocenters. The lowest BCUT2D eigenvalue weighted by atomic mass is 10.2. The molecule has 1 aromatic carbocycles. The second-order valence-corrected chi connectivity index (χ2v) is 7.80. The third-order valence-electron chi connectivity index (χ3n) is 2.95. The summed E-state index contributed by atoms with van der Waals surface area (Å²) in [6.45, 7) is 5.21. The average molecular weight is 348 g/mol. The van der Waals surface area contributed by atoms with Crippen molar-refractivity contribution in [1.29, 1.82) is 0 Å². The van der Waals surface area contributed by atoms with E-state index in [0.29, 0.717) is 17.4 Å². The molecule has 108 valence electrons. The van der Waals surface area contributed by atoms with Gasteiger partial charge in [0.1, 0.15) is 0 Å². The number of nitrogens with one attached hydrogen (secondary N) is 1. The fourth-order valence-electron chi connectivity index (χ4n) is 1.85. The summed E-state index contributed by atoms with van der Waals surface area (Å²) in [6, 6.07) is 7.27. The summed E-state index contributed by atoms with van der Waals surface area (Å²) >= 11 is 3.30. The smallest absolute Gasteiger partial charge is 0.178 e. The first kappa shape index (κ1) is 16.7. The molecule has 0 saturated carbocycles. The van der Waals surface area contributed by atoms with Crippen molar-refractivity contribution in [3.05, 3.63) is 28.7 Å². The zero-order valence-corrected chi connectivity index (χ0v) is 13.9. The molecule has 3 nitrogen and oxygen atoms in total. The number of hydrogen-bond donors (Lipinski definition) is 1. The Bertz CT molecular complexity index is 488. The molecular weight excluding hydrogens is 326 g/mol. The summed E-state index contributed by atoms with van der Waals surface area (Å²) in [4.78, 5) is 0.399. The predicted octanol–water partition coefficient (Wildman–Crippen LogP) is 3.39. The quantitative estimate of drug-likeness (QED) is 0.783. The highest BCUT2D eigenvalue weighted by molar-refractivity contribution is 9.10. The maximum Gasteiger partial charge on any atom is 0.178 e. The molecule has 0 heterocycles. The molecule has 1 rings (SSSR count). The van der Waals surface area contributed by atoms with Crippen LogP contribution in [0.25, 0.3) is 0 Å². The number of hydrogen-bond acceptors (Lipinski definition) is 3. The van der Waals surface area contributed by atoms with Crippen LogP contribution in [-0.2, 0) is 9.84 Å². The van der Waals surface area contributed by atoms with E-state index in [2.05, 4.69) is 35.1 Å². The lowest BCUT2D eigenvalue weighted by molar-refractivity contribution is 0.506. The summed E-state index contributed by atoms with van der Waals surface area (Å²) in [5.74, 6) is 0.210. The van der Waals surface area contributed by atoms with Gasteiger partial charge >= 0.3 is 0 Å². The second kappa shape index (κ2) is 8.02. The van der Waals surface area contributed by atoms with Gasteiger partial charge < -0.3 is 5.32 Å². The van der Waals surface area contributed by atoms with Crippen LogP contribution in [0.1, 0.15) is 33.1 Å². The number of sulfone groups is 1. The van der Waals surface area contributed by atoms with Crippen molar-refractivity contribution < 1.29 is 8.42 Å². The van der Waals surface area contributed by atoms with E-state index in [9.17, 15) is 8.42 Å². The molecule has 0 aliphatic heterocycles. The zero-order valence-electron chi connectivity index (χ0n) is 11.5. The van der Waals surface area contributed by atoms with E-state index in [4.69, 9.17) is 0 Å². The van der Waals surface area contributed by atoms with E-state index in [1.54, 1.807) is 18.2 Å². The van der Waals surface area contributed by atoms with Crippen molar-refractivity contribution in [2.24, 2.45) is 0 Å². The molecule has 1 N–H and O–H groups in total. The monoisotopic (exact) mass is 347 g/mol. The van der Waals surface area contributed by atoms with E-state index in [1.807, 2.05) is 6.07 Å². The van der Waals surface area contributed by atoms with Gasteiger partial charge in [0, 0.05) is 10.5 Å². The maximum atomic E-state index is 12.1. The van der Waals surface area contributed by atoms with Gasteiger partial charge in [0.2, 0.25) is 0 Å². The minimum atomic E-state index is -3.16. The standard InChI is InChI=1S/C14H22BrNO2S/c1-3-9-16-12(2)6-5-10-19(17,18)14-8-4-7-13(15)11-14/h4,7-8,11-12,16H,3,5-6,9-10H2,1-2H3. The molecule has 0 saturated heterocycles. The Kier molecular flexibility index (Phi) is 7.04. The Morgan fingerprint density at radius 3 is 2.74 bits per heavy atom. The van der Waals surface area contributed by atoms with Gasteiger partial charge in [-0.3, -0.25) is 0 Å². The van der Waals surface area contributed by atoms with Crippen molar-refractivity contribution in [2.45, 2.75) is 44.0 Å². The van der Waals surface area contributed by atoms with E-state index >= 15 is 0 Å². The molecule has 5 heteroatoms. The fraction of sp³-hybridized carbons (Fsp3) is 0.571. The van der Waals surface area contributed by atoms with Crippen molar-refractivity contribution in [2.75, 3.05) is 12.3 Å². The predicted molar refractivity (Wildman–Crippen MR) is 83.2 cm³/mol. The van der Waals surface area contributed by atoms with Crippen molar-refractivity contribution in [3.8, 4) is 0 Å². The Morgan fingerprint density at radius 1 is 1.37 bits per heavy atom. The highest BCUT2D eigenvalue weighted by Gasteiger charge is 2.14. The van der Waals surface area contributed by atoms with Gasteiger partial charge in [0.05, 0.1) is 10.6 Å². The molecule has 1 aromatic rings. The third-order valence-corrected chi connectivity index (χ3v) is 5.24. The summed E-state index contributed by atoms with van der Waals surface area (Å²) in [5.41, 5.74) is 0. The summed E-state index contributed by atoms with van der Waals surface area (Å²) in [6.07, 6.45) is 2.67. The van der Waals surface area contributed by atoms with Gasteiger partial charge in [-0.05, 0) is 50.9 Å². The Morgan fingerprint density at radius 2 is 2.11 bits per heavy atom. The van der Waals surface area contributed by atoms with Crippen LogP contribution in [0.2, 0.25) is 0 Å². The van der Waals surface area contributed by atoms with Crippen LogP contribution in [0.15, 0.2) is 33.6 Å². The highest BCUT2D eigenvalue weighted by atomic mass is 79.9. The number of halogens is 1. The second-order valence-electron chi connectivity index (χ2n) is 4.77. The first-order chi connectivity index (χ1) is 8.95. The molecule has 0 amide bonds. The zero-order chi connectivity index (χ0) is 14.3. The summed E-state index contributed by atoms with van der Waals surface area (Å²) in [5, 5.41) is 3.37. The first-order valence-electron chi connectivity index (χ1n) is 6.67. The van der Waals surface area contributed by atoms with Crippen molar-refractivity contribution in [3.63, 3.8) is 0 Å². The third kappa shape index (κ3) is 6.06. The van der Waals surface area contributed by atoms with Crippen LogP contribution < -0.4 is 5.32 Å². The van der Waals surface area contributed by atoms with Crippen molar-refractivity contribution >= 4 is 25.8 Å². The molecule has 0 aliphatic carbocycles. The van der Waals surface area contributed by atoms with Gasteiger partial charge in [-0.1, -0.05) is 28.9 Å². The van der Waals surface area contributed by atoms with E-state index in [-0.39, 0.29) is 5.75 Å². The van der Waals surface area contributed by atoms with E-state index in [0.717, 1.165) is 23.9 Å². The van der Waals surface area contributed by atoms with Gasteiger partial charge in [-0.25, -0.2) is 8.42 Å². The van der Waals surface area contributed by atoms with Crippen LogP contribution in [0.5, 0.6) is 0 Å². The fourth-order valence-corrected chi connectivity index (χ4v) is 3.78. The van der Waals surface area contributed by atoms with Gasteiger partial charge in [0.25, 0.3) is 0 Å². The summed E-state index contributed by atoms with van der Waals surface area (Å²) in [7, 11) is -3.16. The van der Waals surface area contributed by atoms with E-state index < -0.39 is 9.84 Å². The number of rotatable bonds is 8. The molecular formula is C14H22BrNO2S. The molecule has 0 aromatic heterocycles. The lowest BCUT2D eigenvalue weighted by Crippen LogP contribution is -2.27. The molecule has 0 radical (unpaired) electrons. The molecule has 0 spiro atoms. The van der Waals surface area contributed by atoms with Crippen LogP contribution in [0.3, 0.4) is 0 Å². The minimum Gasteiger partial charge on any atom is -0.314 e. The first-order valence-corrected chi connectivity index (χ1v) is 9.12. The minimum absolute atomic E-state index is 0.210. The normalized spacial score (nSPS) is 13.4. The number of benzene rings is 1. The maximum absolute atomic E-state index is 12.1. The molecule has 19 heavy (non-hydrogen) atoms. The SMILES string of the molecule is CCCNC(C)CCCS(=O)(=O)c1cccc(Br)c1. The van der Waals surface area contributed by atoms with Gasteiger partial charge in [-0.15, -0.1) is 0 Å². The Labute approximate surface area is 124 Å². The van der Waals surface area contributed by atoms with Gasteiger partial charge in [0.15, 0.2) is 9.84 Å². The average Bonchev–Trinajstić information content (AvgIpc) is 2.36. The lowest BCUT2D eigenvalue weighted by Gasteiger charge is -2.12. The molecule has 0 aliphatic rings. The highest BCUT2D eigenvalue weighted by Crippen LogP contribution is 2.18. The van der Waals surface area contributed by atoms with E-state index in [1.165, 1.54) is 0 Å². The molecule has 0 fully saturated rings. The molecule has 0 bridgehead atoms. The van der Waals surface area contributed by atoms with Crippen LogP contribution >= 0.6 is 15.9 Å². The largest absolute Gasteiger partial charge is 0.314 e. The van der Waals surface area contributed by atoms with Gasteiger partial charge in [-0.2, -0.15) is 0 Å².